The van der Waals surface area contributed by atoms with Crippen LogP contribution in [0.3, 0.4) is 0 Å². The molecule has 0 unspecified atom stereocenters. The minimum atomic E-state index is -0.716. The number of carbonyl (C=O) groups is 1. The summed E-state index contributed by atoms with van der Waals surface area (Å²) in [6, 6.07) is 0. The van der Waals surface area contributed by atoms with Crippen LogP contribution in [0.2, 0.25) is 0 Å². The molecule has 0 bridgehead atoms. The third-order valence-electron chi connectivity index (χ3n) is 2.85. The molecule has 0 heterocycles. The van der Waals surface area contributed by atoms with E-state index in [4.69, 9.17) is 5.11 Å². The van der Waals surface area contributed by atoms with Crippen LogP contribution in [0.15, 0.2) is 34.9 Å². The number of aliphatic carboxylic acids is 1. The van der Waals surface area contributed by atoms with Crippen LogP contribution in [0.5, 0.6) is 0 Å². The molecule has 0 aromatic carbocycles. The Kier molecular flexibility index (Phi) is 2.53. The standard InChI is InChI=1S/C12H14O2/c13-12(14)8-9-5-6-10-3-1-2-4-11(10)7-9/h1-2,5H,3-4,6-8H2,(H,13,14). The second-order valence-corrected chi connectivity index (χ2v) is 3.90. The Morgan fingerprint density at radius 1 is 1.21 bits per heavy atom. The van der Waals surface area contributed by atoms with Gasteiger partial charge >= 0.3 is 5.97 Å². The first kappa shape index (κ1) is 9.25. The average molecular weight is 190 g/mol. The molecule has 0 aromatic rings. The highest BCUT2D eigenvalue weighted by atomic mass is 16.4. The predicted octanol–water partition coefficient (Wildman–Crippen LogP) is 2.83. The van der Waals surface area contributed by atoms with Gasteiger partial charge < -0.3 is 5.11 Å². The summed E-state index contributed by atoms with van der Waals surface area (Å²) in [6.45, 7) is 0. The Balaban J connectivity index is 2.02. The van der Waals surface area contributed by atoms with E-state index in [9.17, 15) is 4.79 Å². The van der Waals surface area contributed by atoms with E-state index in [0.717, 1.165) is 31.3 Å². The lowest BCUT2D eigenvalue weighted by Gasteiger charge is -2.21. The molecule has 74 valence electrons. The summed E-state index contributed by atoms with van der Waals surface area (Å²) in [6.07, 6.45) is 10.6. The number of carboxylic acids is 1. The summed E-state index contributed by atoms with van der Waals surface area (Å²) in [7, 11) is 0. The van der Waals surface area contributed by atoms with Crippen molar-refractivity contribution in [2.24, 2.45) is 0 Å². The Morgan fingerprint density at radius 3 is 2.64 bits per heavy atom. The Hall–Kier alpha value is -1.31. The van der Waals surface area contributed by atoms with E-state index in [2.05, 4.69) is 18.2 Å². The van der Waals surface area contributed by atoms with Gasteiger partial charge in [0.25, 0.3) is 0 Å². The van der Waals surface area contributed by atoms with Crippen LogP contribution in [0.1, 0.15) is 32.1 Å². The summed E-state index contributed by atoms with van der Waals surface area (Å²) < 4.78 is 0. The van der Waals surface area contributed by atoms with Crippen molar-refractivity contribution in [2.45, 2.75) is 32.1 Å². The molecular weight excluding hydrogens is 176 g/mol. The van der Waals surface area contributed by atoms with E-state index in [1.165, 1.54) is 11.1 Å². The largest absolute Gasteiger partial charge is 0.481 e. The lowest BCUT2D eigenvalue weighted by atomic mass is 9.84. The van der Waals surface area contributed by atoms with Crippen LogP contribution >= 0.6 is 0 Å². The molecule has 2 aliphatic carbocycles. The molecule has 2 nitrogen and oxygen atoms in total. The quantitative estimate of drug-likeness (QED) is 0.680. The first-order valence-electron chi connectivity index (χ1n) is 5.00. The molecule has 1 N–H and O–H groups in total. The SMILES string of the molecule is O=C(O)CC1=CCC2=C(CC=CC2)C1. The summed E-state index contributed by atoms with van der Waals surface area (Å²) in [5.41, 5.74) is 4.03. The molecule has 0 spiro atoms. The Morgan fingerprint density at radius 2 is 1.93 bits per heavy atom. The highest BCUT2D eigenvalue weighted by Gasteiger charge is 2.16. The zero-order valence-corrected chi connectivity index (χ0v) is 8.12. The smallest absolute Gasteiger partial charge is 0.307 e. The van der Waals surface area contributed by atoms with Crippen LogP contribution in [-0.4, -0.2) is 11.1 Å². The molecular formula is C12H14O2. The van der Waals surface area contributed by atoms with Gasteiger partial charge in [0.15, 0.2) is 0 Å². The molecule has 2 heteroatoms. The van der Waals surface area contributed by atoms with Crippen LogP contribution < -0.4 is 0 Å². The normalized spacial score (nSPS) is 20.4. The van der Waals surface area contributed by atoms with Crippen molar-refractivity contribution < 1.29 is 9.90 Å². The zero-order valence-electron chi connectivity index (χ0n) is 8.12. The van der Waals surface area contributed by atoms with Crippen molar-refractivity contribution >= 4 is 5.97 Å². The van der Waals surface area contributed by atoms with Crippen molar-refractivity contribution in [3.8, 4) is 0 Å². The van der Waals surface area contributed by atoms with Gasteiger partial charge in [0.05, 0.1) is 6.42 Å². The van der Waals surface area contributed by atoms with Crippen molar-refractivity contribution in [1.82, 2.24) is 0 Å². The summed E-state index contributed by atoms with van der Waals surface area (Å²) >= 11 is 0. The third kappa shape index (κ3) is 1.95. The Bertz CT molecular complexity index is 345. The minimum absolute atomic E-state index is 0.209. The first-order valence-corrected chi connectivity index (χ1v) is 5.00. The maximum atomic E-state index is 10.6. The highest BCUT2D eigenvalue weighted by molar-refractivity contribution is 5.70. The summed E-state index contributed by atoms with van der Waals surface area (Å²) in [5, 5.41) is 8.69. The third-order valence-corrected chi connectivity index (χ3v) is 2.85. The van der Waals surface area contributed by atoms with Crippen LogP contribution in [0.4, 0.5) is 0 Å². The van der Waals surface area contributed by atoms with Crippen molar-refractivity contribution in [3.63, 3.8) is 0 Å². The molecule has 0 saturated heterocycles. The average Bonchev–Trinajstić information content (AvgIpc) is 2.17. The molecule has 2 aliphatic rings. The van der Waals surface area contributed by atoms with E-state index < -0.39 is 5.97 Å². The van der Waals surface area contributed by atoms with Gasteiger partial charge in [-0.3, -0.25) is 4.79 Å². The molecule has 2 rings (SSSR count). The van der Waals surface area contributed by atoms with Gasteiger partial charge in [0.2, 0.25) is 0 Å². The van der Waals surface area contributed by atoms with Gasteiger partial charge in [-0.1, -0.05) is 34.9 Å². The fraction of sp³-hybridized carbons (Fsp3) is 0.417. The van der Waals surface area contributed by atoms with Gasteiger partial charge in [-0.2, -0.15) is 0 Å². The Labute approximate surface area is 83.6 Å². The molecule has 0 radical (unpaired) electrons. The molecule has 0 aromatic heterocycles. The fourth-order valence-corrected chi connectivity index (χ4v) is 2.11. The topological polar surface area (TPSA) is 37.3 Å². The molecule has 14 heavy (non-hydrogen) atoms. The highest BCUT2D eigenvalue weighted by Crippen LogP contribution is 2.33. The fourth-order valence-electron chi connectivity index (χ4n) is 2.11. The second kappa shape index (κ2) is 3.82. The summed E-state index contributed by atoms with van der Waals surface area (Å²) in [5.74, 6) is -0.716. The van der Waals surface area contributed by atoms with E-state index in [1.54, 1.807) is 0 Å². The van der Waals surface area contributed by atoms with E-state index >= 15 is 0 Å². The molecule has 0 aliphatic heterocycles. The number of rotatable bonds is 2. The maximum Gasteiger partial charge on any atom is 0.307 e. The number of hydrogen-bond acceptors (Lipinski definition) is 1. The van der Waals surface area contributed by atoms with Crippen molar-refractivity contribution in [3.05, 3.63) is 34.9 Å². The number of carboxylic acid groups (broad SMARTS) is 1. The predicted molar refractivity (Wildman–Crippen MR) is 55.0 cm³/mol. The van der Waals surface area contributed by atoms with Crippen LogP contribution in [0.25, 0.3) is 0 Å². The monoisotopic (exact) mass is 190 g/mol. The van der Waals surface area contributed by atoms with Gasteiger partial charge in [-0.25, -0.2) is 0 Å². The van der Waals surface area contributed by atoms with Gasteiger partial charge in [-0.05, 0) is 25.7 Å². The lowest BCUT2D eigenvalue weighted by Crippen LogP contribution is -2.06. The molecule has 0 fully saturated rings. The van der Waals surface area contributed by atoms with E-state index in [1.807, 2.05) is 0 Å². The lowest BCUT2D eigenvalue weighted by molar-refractivity contribution is -0.136. The minimum Gasteiger partial charge on any atom is -0.481 e. The first-order chi connectivity index (χ1) is 6.75. The van der Waals surface area contributed by atoms with Crippen molar-refractivity contribution in [2.75, 3.05) is 0 Å². The van der Waals surface area contributed by atoms with Gasteiger partial charge in [0.1, 0.15) is 0 Å². The van der Waals surface area contributed by atoms with Gasteiger partial charge in [0, 0.05) is 0 Å². The number of allylic oxidation sites excluding steroid dienone is 5. The van der Waals surface area contributed by atoms with Gasteiger partial charge in [-0.15, -0.1) is 0 Å². The number of hydrogen-bond donors (Lipinski definition) is 1. The zero-order chi connectivity index (χ0) is 9.97. The molecule has 0 amide bonds. The molecule has 0 atom stereocenters. The van der Waals surface area contributed by atoms with Crippen molar-refractivity contribution in [1.29, 1.82) is 0 Å². The summed E-state index contributed by atoms with van der Waals surface area (Å²) in [4.78, 5) is 10.6. The van der Waals surface area contributed by atoms with Crippen LogP contribution in [-0.2, 0) is 4.79 Å². The molecule has 0 saturated carbocycles. The van der Waals surface area contributed by atoms with E-state index in [0.29, 0.717) is 0 Å². The second-order valence-electron chi connectivity index (χ2n) is 3.90. The maximum absolute atomic E-state index is 10.6. The van der Waals surface area contributed by atoms with Crippen LogP contribution in [0, 0.1) is 0 Å². The van der Waals surface area contributed by atoms with E-state index in [-0.39, 0.29) is 6.42 Å².